The average molecular weight is 434 g/mol. The summed E-state index contributed by atoms with van der Waals surface area (Å²) >= 11 is 0. The minimum atomic E-state index is -5.14. The molecule has 0 fully saturated rings. The smallest absolute Gasteiger partial charge is 0.394 e. The van der Waals surface area contributed by atoms with Crippen molar-refractivity contribution in [1.29, 1.82) is 0 Å². The Bertz CT molecular complexity index is 701. The van der Waals surface area contributed by atoms with E-state index in [0.29, 0.717) is 12.5 Å². The number of aryl methyl sites for hydroxylation is 1. The van der Waals surface area contributed by atoms with E-state index in [-0.39, 0.29) is 5.56 Å². The summed E-state index contributed by atoms with van der Waals surface area (Å²) in [6, 6.07) is 6.90. The number of rotatable bonds is 10. The molecular weight excluding hydrogens is 411 g/mol. The summed E-state index contributed by atoms with van der Waals surface area (Å²) in [5.74, 6) is -6.94. The molecule has 0 spiro atoms. The van der Waals surface area contributed by atoms with Crippen LogP contribution in [0.1, 0.15) is 17.5 Å². The summed E-state index contributed by atoms with van der Waals surface area (Å²) in [5, 5.41) is 0. The lowest BCUT2D eigenvalue weighted by Crippen LogP contribution is -2.36. The van der Waals surface area contributed by atoms with Gasteiger partial charge in [-0.2, -0.15) is 13.2 Å². The van der Waals surface area contributed by atoms with E-state index in [0.717, 1.165) is 5.56 Å². The maximum absolute atomic E-state index is 13.3. The highest BCUT2D eigenvalue weighted by atomic mass is 32.2. The zero-order valence-electron chi connectivity index (χ0n) is 15.3. The van der Waals surface area contributed by atoms with Gasteiger partial charge in [0.1, 0.15) is 12.2 Å². The van der Waals surface area contributed by atoms with Gasteiger partial charge < -0.3 is 8.85 Å². The van der Waals surface area contributed by atoms with Gasteiger partial charge in [-0.15, -0.1) is 0 Å². The second kappa shape index (κ2) is 8.97. The normalized spacial score (nSPS) is 13.8. The molecule has 4 nitrogen and oxygen atoms in total. The van der Waals surface area contributed by atoms with Crippen molar-refractivity contribution in [3.8, 4) is 0 Å². The van der Waals surface area contributed by atoms with Crippen LogP contribution in [0.25, 0.3) is 0 Å². The Hall–Kier alpha value is -1.04. The molecule has 0 aliphatic carbocycles. The Balaban J connectivity index is 2.71. The van der Waals surface area contributed by atoms with Crippen LogP contribution in [0.3, 0.4) is 0 Å². The topological polar surface area (TPSA) is 52.6 Å². The fourth-order valence-corrected chi connectivity index (χ4v) is 5.30. The first-order valence-corrected chi connectivity index (χ1v) is 12.4. The molecule has 0 heterocycles. The first-order valence-electron chi connectivity index (χ1n) is 8.02. The maximum atomic E-state index is 13.3. The lowest BCUT2D eigenvalue weighted by Gasteiger charge is -2.22. The molecule has 0 aliphatic heterocycles. The maximum Gasteiger partial charge on any atom is 0.394 e. The van der Waals surface area contributed by atoms with Gasteiger partial charge in [-0.1, -0.05) is 24.3 Å². The monoisotopic (exact) mass is 434 g/mol. The van der Waals surface area contributed by atoms with E-state index in [1.807, 2.05) is 6.55 Å². The zero-order chi connectivity index (χ0) is 20.9. The fraction of sp³-hybridized carbons (Fsp3) is 0.625. The Morgan fingerprint density at radius 1 is 0.963 bits per heavy atom. The van der Waals surface area contributed by atoms with E-state index in [1.165, 1.54) is 12.1 Å². The molecule has 1 aromatic rings. The van der Waals surface area contributed by atoms with Crippen LogP contribution >= 0.6 is 0 Å². The van der Waals surface area contributed by atoms with E-state index in [2.05, 4.69) is 0 Å². The first kappa shape index (κ1) is 24.0. The van der Waals surface area contributed by atoms with Crippen LogP contribution in [-0.4, -0.2) is 49.0 Å². The average Bonchev–Trinajstić information content (AvgIpc) is 2.50. The van der Waals surface area contributed by atoms with Crippen LogP contribution < -0.4 is 0 Å². The molecule has 27 heavy (non-hydrogen) atoms. The third-order valence-electron chi connectivity index (χ3n) is 4.03. The number of hydrogen-bond donors (Lipinski definition) is 0. The molecule has 0 atom stereocenters. The largest absolute Gasteiger partial charge is 0.398 e. The molecule has 0 aliphatic rings. The predicted molar refractivity (Wildman–Crippen MR) is 93.7 cm³/mol. The molecule has 0 saturated carbocycles. The van der Waals surface area contributed by atoms with Gasteiger partial charge in [-0.3, -0.25) is 0 Å². The van der Waals surface area contributed by atoms with E-state index >= 15 is 0 Å². The number of alkyl halides is 5. The Labute approximate surface area is 156 Å². The van der Waals surface area contributed by atoms with Crippen molar-refractivity contribution in [3.63, 3.8) is 0 Å². The molecular formula is C16H23F5O4SSi. The lowest BCUT2D eigenvalue weighted by atomic mass is 10.1. The molecule has 0 N–H and O–H groups in total. The van der Waals surface area contributed by atoms with Crippen molar-refractivity contribution in [3.05, 3.63) is 35.4 Å². The highest BCUT2D eigenvalue weighted by Crippen LogP contribution is 2.33. The van der Waals surface area contributed by atoms with Crippen LogP contribution in [0, 0.1) is 0 Å². The summed E-state index contributed by atoms with van der Waals surface area (Å²) in [6.07, 6.45) is -6.97. The van der Waals surface area contributed by atoms with Gasteiger partial charge in [0.25, 0.3) is 5.92 Å². The number of hydrogen-bond acceptors (Lipinski definition) is 4. The van der Waals surface area contributed by atoms with Crippen molar-refractivity contribution in [2.24, 2.45) is 0 Å². The zero-order valence-corrected chi connectivity index (χ0v) is 17.1. The summed E-state index contributed by atoms with van der Waals surface area (Å²) in [4.78, 5) is 0. The van der Waals surface area contributed by atoms with Crippen LogP contribution in [0.2, 0.25) is 12.6 Å². The van der Waals surface area contributed by atoms with Crippen molar-refractivity contribution >= 4 is 18.4 Å². The second-order valence-electron chi connectivity index (χ2n) is 6.54. The highest BCUT2D eigenvalue weighted by molar-refractivity contribution is 7.90. The first-order chi connectivity index (χ1) is 12.2. The number of sulfone groups is 1. The number of halogens is 5. The van der Waals surface area contributed by atoms with Gasteiger partial charge in [-0.05, 0) is 30.1 Å². The van der Waals surface area contributed by atoms with Crippen molar-refractivity contribution in [2.75, 3.05) is 20.0 Å². The molecule has 1 aromatic carbocycles. The Kier molecular flexibility index (Phi) is 7.97. The van der Waals surface area contributed by atoms with E-state index in [1.54, 1.807) is 26.4 Å². The van der Waals surface area contributed by atoms with Gasteiger partial charge in [0.05, 0.1) is 5.75 Å². The van der Waals surface area contributed by atoms with Gasteiger partial charge in [-0.25, -0.2) is 17.2 Å². The van der Waals surface area contributed by atoms with Crippen molar-refractivity contribution < 1.29 is 39.2 Å². The summed E-state index contributed by atoms with van der Waals surface area (Å²) in [5.41, 5.74) is 1.12. The molecule has 0 saturated heterocycles. The molecule has 0 radical (unpaired) electrons. The van der Waals surface area contributed by atoms with Gasteiger partial charge in [0.15, 0.2) is 9.84 Å². The molecule has 0 aromatic heterocycles. The summed E-state index contributed by atoms with van der Waals surface area (Å²) < 4.78 is 97.5. The summed E-state index contributed by atoms with van der Waals surface area (Å²) in [7, 11) is -3.52. The highest BCUT2D eigenvalue weighted by Gasteiger charge is 2.46. The van der Waals surface area contributed by atoms with Gasteiger partial charge >= 0.3 is 14.7 Å². The predicted octanol–water partition coefficient (Wildman–Crippen LogP) is 4.10. The molecule has 156 valence electrons. The van der Waals surface area contributed by atoms with E-state index < -0.39 is 48.4 Å². The third kappa shape index (κ3) is 9.13. The SMILES string of the molecule is CO[Si](C)(CCc1ccc(CS(=O)(=O)CC(F)(F)CC(F)(F)F)cc1)OC. The van der Waals surface area contributed by atoms with E-state index in [9.17, 15) is 30.4 Å². The van der Waals surface area contributed by atoms with Crippen molar-refractivity contribution in [1.82, 2.24) is 0 Å². The van der Waals surface area contributed by atoms with E-state index in [4.69, 9.17) is 8.85 Å². The minimum Gasteiger partial charge on any atom is -0.398 e. The van der Waals surface area contributed by atoms with Crippen LogP contribution in [0.5, 0.6) is 0 Å². The fourth-order valence-electron chi connectivity index (χ4n) is 2.43. The minimum absolute atomic E-state index is 0.236. The Morgan fingerprint density at radius 2 is 1.44 bits per heavy atom. The summed E-state index contributed by atoms with van der Waals surface area (Å²) in [6.45, 7) is 1.90. The second-order valence-corrected chi connectivity index (χ2v) is 12.2. The molecule has 0 bridgehead atoms. The van der Waals surface area contributed by atoms with Gasteiger partial charge in [0, 0.05) is 14.2 Å². The van der Waals surface area contributed by atoms with Crippen molar-refractivity contribution in [2.45, 2.75) is 43.3 Å². The molecule has 0 amide bonds. The Morgan fingerprint density at radius 3 is 1.89 bits per heavy atom. The molecule has 0 unspecified atom stereocenters. The van der Waals surface area contributed by atoms with Gasteiger partial charge in [0.2, 0.25) is 0 Å². The standard InChI is InChI=1S/C16H23F5O4SSi/c1-24-27(3,25-2)9-8-13-4-6-14(7-5-13)10-26(22,23)12-15(17,18)11-16(19,20)21/h4-7H,8-12H2,1-3H3. The van der Waals surface area contributed by atoms with Crippen LogP contribution in [0.4, 0.5) is 22.0 Å². The number of benzene rings is 1. The lowest BCUT2D eigenvalue weighted by molar-refractivity contribution is -0.181. The molecule has 11 heteroatoms. The van der Waals surface area contributed by atoms with Crippen LogP contribution in [-0.2, 0) is 30.9 Å². The van der Waals surface area contributed by atoms with Crippen LogP contribution in [0.15, 0.2) is 24.3 Å². The molecule has 1 rings (SSSR count). The quantitative estimate of drug-likeness (QED) is 0.411. The third-order valence-corrected chi connectivity index (χ3v) is 8.55.